The highest BCUT2D eigenvalue weighted by molar-refractivity contribution is 5.98. The van der Waals surface area contributed by atoms with E-state index in [1.807, 2.05) is 11.0 Å². The van der Waals surface area contributed by atoms with E-state index in [-0.39, 0.29) is 17.4 Å². The van der Waals surface area contributed by atoms with Gasteiger partial charge in [0.1, 0.15) is 12.4 Å². The lowest BCUT2D eigenvalue weighted by molar-refractivity contribution is -0.892. The van der Waals surface area contributed by atoms with Crippen molar-refractivity contribution in [2.45, 2.75) is 39.7 Å². The van der Waals surface area contributed by atoms with Crippen molar-refractivity contribution in [3.05, 3.63) is 52.6 Å². The molecule has 0 bridgehead atoms. The van der Waals surface area contributed by atoms with Gasteiger partial charge in [0.15, 0.2) is 5.78 Å². The minimum Gasteiger partial charge on any atom is -0.358 e. The summed E-state index contributed by atoms with van der Waals surface area (Å²) in [6.07, 6.45) is 2.42. The van der Waals surface area contributed by atoms with Crippen LogP contribution in [0.1, 0.15) is 57.9 Å². The molecule has 2 fully saturated rings. The van der Waals surface area contributed by atoms with E-state index in [0.29, 0.717) is 36.9 Å². The molecule has 1 N–H and O–H groups in total. The van der Waals surface area contributed by atoms with Crippen molar-refractivity contribution < 1.29 is 18.9 Å². The van der Waals surface area contributed by atoms with Gasteiger partial charge in [0.05, 0.1) is 31.9 Å². The molecule has 0 spiro atoms. The van der Waals surface area contributed by atoms with Gasteiger partial charge in [-0.3, -0.25) is 9.59 Å². The van der Waals surface area contributed by atoms with Gasteiger partial charge >= 0.3 is 0 Å². The molecule has 0 amide bonds. The number of ketones is 2. The van der Waals surface area contributed by atoms with Gasteiger partial charge in [-0.05, 0) is 57.9 Å². The van der Waals surface area contributed by atoms with Crippen LogP contribution in [0.25, 0.3) is 0 Å². The van der Waals surface area contributed by atoms with E-state index in [4.69, 9.17) is 0 Å². The number of carbonyl (C=O) groups is 2. The molecule has 4 rings (SSSR count). The summed E-state index contributed by atoms with van der Waals surface area (Å²) in [7, 11) is 0. The summed E-state index contributed by atoms with van der Waals surface area (Å²) >= 11 is 0. The second-order valence-corrected chi connectivity index (χ2v) is 8.45. The third-order valence-corrected chi connectivity index (χ3v) is 6.27. The number of quaternary nitrogens is 1. The Morgan fingerprint density at radius 3 is 2.41 bits per heavy atom. The zero-order chi connectivity index (χ0) is 20.7. The molecule has 6 heteroatoms. The first kappa shape index (κ1) is 19.8. The van der Waals surface area contributed by atoms with Gasteiger partial charge in [-0.2, -0.15) is 0 Å². The molecule has 1 saturated carbocycles. The molecule has 1 aliphatic heterocycles. The number of Topliss-reactive ketones (excluding diaryl/α,β-unsaturated/α-hetero) is 2. The zero-order valence-corrected chi connectivity index (χ0v) is 17.4. The molecule has 1 aliphatic carbocycles. The minimum absolute atomic E-state index is 0.135. The number of benzene rings is 1. The molecule has 2 heterocycles. The number of piperazine rings is 1. The highest BCUT2D eigenvalue weighted by atomic mass is 19.1. The molecule has 5 nitrogen and oxygen atoms in total. The third kappa shape index (κ3) is 3.99. The Bertz CT molecular complexity index is 953. The number of nitrogens with zero attached hydrogens (tertiary/aromatic N) is 2. The smallest absolute Gasteiger partial charge is 0.218 e. The highest BCUT2D eigenvalue weighted by Gasteiger charge is 2.30. The van der Waals surface area contributed by atoms with Gasteiger partial charge in [-0.15, -0.1) is 0 Å². The number of carbonyl (C=O) groups excluding carboxylic acids is 2. The van der Waals surface area contributed by atoms with E-state index in [9.17, 15) is 14.0 Å². The number of rotatable bonds is 6. The average molecular weight is 399 g/mol. The maximum Gasteiger partial charge on any atom is 0.218 e. The highest BCUT2D eigenvalue weighted by Crippen LogP contribution is 2.38. The van der Waals surface area contributed by atoms with Gasteiger partial charge < -0.3 is 14.4 Å². The predicted molar refractivity (Wildman–Crippen MR) is 111 cm³/mol. The Morgan fingerprint density at radius 1 is 1.14 bits per heavy atom. The van der Waals surface area contributed by atoms with Crippen LogP contribution in [0.5, 0.6) is 0 Å². The zero-order valence-electron chi connectivity index (χ0n) is 17.4. The van der Waals surface area contributed by atoms with Gasteiger partial charge in [-0.25, -0.2) is 4.39 Å². The van der Waals surface area contributed by atoms with Crippen molar-refractivity contribution in [1.82, 2.24) is 4.57 Å². The van der Waals surface area contributed by atoms with Crippen LogP contribution in [0.4, 0.5) is 10.1 Å². The Hall–Kier alpha value is -2.47. The fraction of sp³-hybridized carbons (Fsp3) is 0.478. The number of hydrogen-bond donors (Lipinski definition) is 1. The fourth-order valence-electron chi connectivity index (χ4n) is 4.50. The molecule has 2 aliphatic rings. The molecule has 1 saturated heterocycles. The fourth-order valence-corrected chi connectivity index (χ4v) is 4.50. The van der Waals surface area contributed by atoms with Gasteiger partial charge in [0.2, 0.25) is 5.78 Å². The normalized spacial score (nSPS) is 17.6. The largest absolute Gasteiger partial charge is 0.358 e. The number of aromatic nitrogens is 1. The molecule has 1 aromatic heterocycles. The molecule has 0 unspecified atom stereocenters. The summed E-state index contributed by atoms with van der Waals surface area (Å²) in [5, 5.41) is 0. The first-order valence-electron chi connectivity index (χ1n) is 10.5. The Balaban J connectivity index is 1.37. The standard InChI is InChI=1S/C23H28FN3O2/c1-15-12-20(16(2)27(15)19-5-6-19)23(29)14-25-8-10-26(11-9-25)22-7-4-18(17(3)28)13-21(22)24/h4,7,12-13,19H,5-6,8-11,14H2,1-3H3/p+1. The van der Waals surface area contributed by atoms with Gasteiger partial charge in [0.25, 0.3) is 0 Å². The van der Waals surface area contributed by atoms with Crippen LogP contribution < -0.4 is 9.80 Å². The Morgan fingerprint density at radius 2 is 1.83 bits per heavy atom. The number of hydrogen-bond acceptors (Lipinski definition) is 3. The predicted octanol–water partition coefficient (Wildman–Crippen LogP) is 2.37. The van der Waals surface area contributed by atoms with Crippen LogP contribution in [0.15, 0.2) is 24.3 Å². The number of aryl methyl sites for hydroxylation is 1. The SMILES string of the molecule is CC(=O)c1ccc(N2CC[NH+](CC(=O)c3cc(C)n(C4CC4)c3C)CC2)c(F)c1. The van der Waals surface area contributed by atoms with Crippen LogP contribution in [-0.2, 0) is 0 Å². The molecular formula is C23H29FN3O2+. The Kier molecular flexibility index (Phi) is 5.30. The molecule has 0 atom stereocenters. The Labute approximate surface area is 171 Å². The molecule has 0 radical (unpaired) electrons. The monoisotopic (exact) mass is 398 g/mol. The van der Waals surface area contributed by atoms with E-state index >= 15 is 0 Å². The van der Waals surface area contributed by atoms with E-state index in [0.717, 1.165) is 24.3 Å². The van der Waals surface area contributed by atoms with Crippen molar-refractivity contribution >= 4 is 17.3 Å². The average Bonchev–Trinajstić information content (AvgIpc) is 3.47. The van der Waals surface area contributed by atoms with Gasteiger partial charge in [-0.1, -0.05) is 0 Å². The lowest BCUT2D eigenvalue weighted by atomic mass is 10.1. The topological polar surface area (TPSA) is 46.8 Å². The van der Waals surface area contributed by atoms with Crippen molar-refractivity contribution in [2.75, 3.05) is 37.6 Å². The van der Waals surface area contributed by atoms with Crippen LogP contribution >= 0.6 is 0 Å². The summed E-state index contributed by atoms with van der Waals surface area (Å²) in [5.74, 6) is -0.292. The van der Waals surface area contributed by atoms with Crippen molar-refractivity contribution in [1.29, 1.82) is 0 Å². The maximum absolute atomic E-state index is 14.4. The number of anilines is 1. The number of halogens is 1. The summed E-state index contributed by atoms with van der Waals surface area (Å²) in [5.41, 5.74) is 4.06. The summed E-state index contributed by atoms with van der Waals surface area (Å²) in [6, 6.07) is 7.30. The van der Waals surface area contributed by atoms with E-state index in [2.05, 4.69) is 18.4 Å². The quantitative estimate of drug-likeness (QED) is 0.760. The molecule has 1 aromatic carbocycles. The second-order valence-electron chi connectivity index (χ2n) is 8.45. The molecular weight excluding hydrogens is 369 g/mol. The van der Waals surface area contributed by atoms with E-state index < -0.39 is 0 Å². The molecule has 29 heavy (non-hydrogen) atoms. The van der Waals surface area contributed by atoms with E-state index in [1.165, 1.54) is 36.4 Å². The third-order valence-electron chi connectivity index (χ3n) is 6.27. The van der Waals surface area contributed by atoms with Crippen molar-refractivity contribution in [2.24, 2.45) is 0 Å². The van der Waals surface area contributed by atoms with E-state index in [1.54, 1.807) is 12.1 Å². The summed E-state index contributed by atoms with van der Waals surface area (Å²) < 4.78 is 16.7. The van der Waals surface area contributed by atoms with Crippen LogP contribution in [0, 0.1) is 19.7 Å². The maximum atomic E-state index is 14.4. The minimum atomic E-state index is -0.357. The molecule has 2 aromatic rings. The first-order chi connectivity index (χ1) is 13.8. The number of nitrogens with one attached hydrogen (secondary N) is 1. The van der Waals surface area contributed by atoms with Gasteiger partial charge in [0, 0.05) is 28.6 Å². The lowest BCUT2D eigenvalue weighted by Crippen LogP contribution is -3.15. The lowest BCUT2D eigenvalue weighted by Gasteiger charge is -2.33. The van der Waals surface area contributed by atoms with Crippen LogP contribution in [0.2, 0.25) is 0 Å². The molecule has 154 valence electrons. The van der Waals surface area contributed by atoms with Crippen molar-refractivity contribution in [3.8, 4) is 0 Å². The first-order valence-corrected chi connectivity index (χ1v) is 10.5. The van der Waals surface area contributed by atoms with Crippen LogP contribution in [-0.4, -0.2) is 48.9 Å². The summed E-state index contributed by atoms with van der Waals surface area (Å²) in [6.45, 7) is 9.03. The second kappa shape index (κ2) is 7.75. The summed E-state index contributed by atoms with van der Waals surface area (Å²) in [4.78, 5) is 27.6. The van der Waals surface area contributed by atoms with Crippen molar-refractivity contribution in [3.63, 3.8) is 0 Å². The van der Waals surface area contributed by atoms with Crippen LogP contribution in [0.3, 0.4) is 0 Å².